The maximum atomic E-state index is 10.7. The summed E-state index contributed by atoms with van der Waals surface area (Å²) in [6, 6.07) is 2.46. The summed E-state index contributed by atoms with van der Waals surface area (Å²) in [5, 5.41) is 13.1. The first-order valence-electron chi connectivity index (χ1n) is 6.51. The van der Waals surface area contributed by atoms with E-state index in [-0.39, 0.29) is 5.69 Å². The van der Waals surface area contributed by atoms with Gasteiger partial charge in [-0.1, -0.05) is 0 Å². The first-order valence-corrected chi connectivity index (χ1v) is 6.51. The number of nitrogens with zero attached hydrogens (tertiary/aromatic N) is 4. The number of rotatable bonds is 4. The van der Waals surface area contributed by atoms with Gasteiger partial charge >= 0.3 is 5.97 Å². The van der Waals surface area contributed by atoms with Crippen LogP contribution in [-0.4, -0.2) is 30.8 Å². The van der Waals surface area contributed by atoms with Crippen molar-refractivity contribution in [2.75, 3.05) is 0 Å². The third kappa shape index (κ3) is 2.45. The van der Waals surface area contributed by atoms with Gasteiger partial charge in [0, 0.05) is 6.20 Å². The summed E-state index contributed by atoms with van der Waals surface area (Å²) in [5.74, 6) is -1.07. The third-order valence-electron chi connectivity index (χ3n) is 3.44. The second kappa shape index (κ2) is 5.24. The van der Waals surface area contributed by atoms with E-state index < -0.39 is 5.97 Å². The van der Waals surface area contributed by atoms with E-state index in [2.05, 4.69) is 15.1 Å². The normalized spacial score (nSPS) is 15.4. The predicted molar refractivity (Wildman–Crippen MR) is 73.0 cm³/mol. The molecular formula is C14H14N4O2. The fourth-order valence-electron chi connectivity index (χ4n) is 2.10. The molecule has 1 saturated carbocycles. The Kier molecular flexibility index (Phi) is 3.28. The molecule has 0 saturated heterocycles. The highest BCUT2D eigenvalue weighted by Gasteiger charge is 2.21. The SMILES string of the molecule is O=C(O)c1cnc(/C=C/c2ccnn2C2CCC2)cn1. The van der Waals surface area contributed by atoms with Crippen molar-refractivity contribution >= 4 is 18.1 Å². The van der Waals surface area contributed by atoms with Gasteiger partial charge in [-0.25, -0.2) is 9.78 Å². The van der Waals surface area contributed by atoms with Crippen molar-refractivity contribution in [2.45, 2.75) is 25.3 Å². The Morgan fingerprint density at radius 1 is 1.30 bits per heavy atom. The number of carboxylic acid groups (broad SMARTS) is 1. The Labute approximate surface area is 115 Å². The second-order valence-electron chi connectivity index (χ2n) is 4.75. The van der Waals surface area contributed by atoms with E-state index in [9.17, 15) is 4.79 Å². The van der Waals surface area contributed by atoms with Crippen LogP contribution in [-0.2, 0) is 0 Å². The number of aromatic carboxylic acids is 1. The number of hydrogen-bond donors (Lipinski definition) is 1. The van der Waals surface area contributed by atoms with Crippen molar-refractivity contribution in [1.82, 2.24) is 19.7 Å². The summed E-state index contributed by atoms with van der Waals surface area (Å²) in [6.45, 7) is 0. The van der Waals surface area contributed by atoms with E-state index in [0.29, 0.717) is 11.7 Å². The van der Waals surface area contributed by atoms with Gasteiger partial charge in [0.15, 0.2) is 5.69 Å². The van der Waals surface area contributed by atoms with Crippen molar-refractivity contribution in [2.24, 2.45) is 0 Å². The minimum absolute atomic E-state index is 0.0540. The molecule has 0 atom stereocenters. The standard InChI is InChI=1S/C14H14N4O2/c19-14(20)13-9-15-10(8-16-13)4-5-12-6-7-17-18(12)11-2-1-3-11/h4-9,11H,1-3H2,(H,19,20)/b5-4+. The molecule has 0 amide bonds. The van der Waals surface area contributed by atoms with Gasteiger partial charge in [-0.05, 0) is 37.5 Å². The van der Waals surface area contributed by atoms with Crippen LogP contribution in [0.2, 0.25) is 0 Å². The van der Waals surface area contributed by atoms with Crippen molar-refractivity contribution < 1.29 is 9.90 Å². The van der Waals surface area contributed by atoms with E-state index in [1.54, 1.807) is 6.20 Å². The molecule has 2 aromatic heterocycles. The van der Waals surface area contributed by atoms with Crippen LogP contribution < -0.4 is 0 Å². The van der Waals surface area contributed by atoms with Crippen molar-refractivity contribution in [3.63, 3.8) is 0 Å². The van der Waals surface area contributed by atoms with Gasteiger partial charge in [-0.3, -0.25) is 9.67 Å². The first-order chi connectivity index (χ1) is 9.74. The van der Waals surface area contributed by atoms with Gasteiger partial charge in [-0.15, -0.1) is 0 Å². The van der Waals surface area contributed by atoms with Gasteiger partial charge in [0.2, 0.25) is 0 Å². The monoisotopic (exact) mass is 270 g/mol. The number of hydrogen-bond acceptors (Lipinski definition) is 4. The zero-order chi connectivity index (χ0) is 13.9. The van der Waals surface area contributed by atoms with E-state index in [1.165, 1.54) is 31.7 Å². The van der Waals surface area contributed by atoms with Crippen LogP contribution >= 0.6 is 0 Å². The lowest BCUT2D eigenvalue weighted by atomic mass is 9.93. The smallest absolute Gasteiger partial charge is 0.356 e. The van der Waals surface area contributed by atoms with Crippen LogP contribution in [0.1, 0.15) is 47.2 Å². The van der Waals surface area contributed by atoms with E-state index in [1.807, 2.05) is 22.9 Å². The average Bonchev–Trinajstić information content (AvgIpc) is 2.83. The molecule has 3 rings (SSSR count). The highest BCUT2D eigenvalue weighted by Crippen LogP contribution is 2.32. The van der Waals surface area contributed by atoms with Crippen LogP contribution in [0.15, 0.2) is 24.7 Å². The minimum Gasteiger partial charge on any atom is -0.476 e. The summed E-state index contributed by atoms with van der Waals surface area (Å²) < 4.78 is 2.03. The Hall–Kier alpha value is -2.50. The van der Waals surface area contributed by atoms with Crippen molar-refractivity contribution in [3.8, 4) is 0 Å². The van der Waals surface area contributed by atoms with Crippen molar-refractivity contribution in [3.05, 3.63) is 41.7 Å². The van der Waals surface area contributed by atoms with Crippen LogP contribution in [0.5, 0.6) is 0 Å². The molecule has 0 spiro atoms. The molecular weight excluding hydrogens is 256 g/mol. The quantitative estimate of drug-likeness (QED) is 0.921. The molecule has 102 valence electrons. The Morgan fingerprint density at radius 2 is 2.15 bits per heavy atom. The highest BCUT2D eigenvalue weighted by molar-refractivity contribution is 5.84. The Bertz CT molecular complexity index is 641. The third-order valence-corrected chi connectivity index (χ3v) is 3.44. The summed E-state index contributed by atoms with van der Waals surface area (Å²) in [7, 11) is 0. The zero-order valence-corrected chi connectivity index (χ0v) is 10.8. The predicted octanol–water partition coefficient (Wildman–Crippen LogP) is 2.27. The molecule has 0 aromatic carbocycles. The molecule has 1 aliphatic carbocycles. The fraction of sp³-hybridized carbons (Fsp3) is 0.286. The largest absolute Gasteiger partial charge is 0.476 e. The molecule has 0 aliphatic heterocycles. The molecule has 2 aromatic rings. The highest BCUT2D eigenvalue weighted by atomic mass is 16.4. The molecule has 0 bridgehead atoms. The van der Waals surface area contributed by atoms with E-state index in [0.717, 1.165) is 5.69 Å². The second-order valence-corrected chi connectivity index (χ2v) is 4.75. The topological polar surface area (TPSA) is 80.9 Å². The maximum Gasteiger partial charge on any atom is 0.356 e. The van der Waals surface area contributed by atoms with Gasteiger partial charge in [0.05, 0.1) is 29.8 Å². The average molecular weight is 270 g/mol. The number of aromatic nitrogens is 4. The molecule has 6 heteroatoms. The summed E-state index contributed by atoms with van der Waals surface area (Å²) in [4.78, 5) is 18.6. The minimum atomic E-state index is -1.07. The van der Waals surface area contributed by atoms with Gasteiger partial charge in [0.25, 0.3) is 0 Å². The van der Waals surface area contributed by atoms with Gasteiger partial charge in [-0.2, -0.15) is 5.10 Å². The summed E-state index contributed by atoms with van der Waals surface area (Å²) in [6.07, 6.45) is 11.8. The van der Waals surface area contributed by atoms with E-state index >= 15 is 0 Å². The first kappa shape index (κ1) is 12.5. The zero-order valence-electron chi connectivity index (χ0n) is 10.8. The molecule has 1 fully saturated rings. The molecule has 1 N–H and O–H groups in total. The lowest BCUT2D eigenvalue weighted by molar-refractivity contribution is 0.0690. The van der Waals surface area contributed by atoms with Crippen LogP contribution in [0, 0.1) is 0 Å². The lowest BCUT2D eigenvalue weighted by Crippen LogP contribution is -2.19. The Balaban J connectivity index is 1.76. The number of carbonyl (C=O) groups is 1. The molecule has 20 heavy (non-hydrogen) atoms. The Morgan fingerprint density at radius 3 is 2.75 bits per heavy atom. The van der Waals surface area contributed by atoms with Gasteiger partial charge < -0.3 is 5.11 Å². The molecule has 0 radical (unpaired) electrons. The van der Waals surface area contributed by atoms with Crippen molar-refractivity contribution in [1.29, 1.82) is 0 Å². The van der Waals surface area contributed by atoms with Crippen LogP contribution in [0.25, 0.3) is 12.2 Å². The lowest BCUT2D eigenvalue weighted by Gasteiger charge is -2.26. The van der Waals surface area contributed by atoms with E-state index in [4.69, 9.17) is 5.11 Å². The summed E-state index contributed by atoms with van der Waals surface area (Å²) in [5.41, 5.74) is 1.59. The van der Waals surface area contributed by atoms with Gasteiger partial charge in [0.1, 0.15) is 0 Å². The molecule has 1 aliphatic rings. The van der Waals surface area contributed by atoms with Crippen LogP contribution in [0.4, 0.5) is 0 Å². The van der Waals surface area contributed by atoms with Crippen LogP contribution in [0.3, 0.4) is 0 Å². The molecule has 2 heterocycles. The number of carboxylic acids is 1. The molecule has 0 unspecified atom stereocenters. The fourth-order valence-corrected chi connectivity index (χ4v) is 2.10. The maximum absolute atomic E-state index is 10.7. The summed E-state index contributed by atoms with van der Waals surface area (Å²) >= 11 is 0. The molecule has 6 nitrogen and oxygen atoms in total.